The van der Waals surface area contributed by atoms with Crippen molar-refractivity contribution in [1.82, 2.24) is 5.32 Å². The number of carbonyl (C=O) groups excluding carboxylic acids is 1. The van der Waals surface area contributed by atoms with Crippen LogP contribution in [0.4, 0.5) is 0 Å². The highest BCUT2D eigenvalue weighted by atomic mass is 31.2. The number of aliphatic hydroxyl groups is 1. The van der Waals surface area contributed by atoms with Crippen molar-refractivity contribution < 1.29 is 32.9 Å². The van der Waals surface area contributed by atoms with E-state index >= 15 is 0 Å². The third kappa shape index (κ3) is 61.9. The topological polar surface area (TPSA) is 108 Å². The Labute approximate surface area is 479 Å². The summed E-state index contributed by atoms with van der Waals surface area (Å²) in [6.07, 6.45) is 79.3. The van der Waals surface area contributed by atoms with E-state index in [0.29, 0.717) is 17.4 Å². The van der Waals surface area contributed by atoms with Crippen LogP contribution in [-0.4, -0.2) is 68.5 Å². The predicted octanol–water partition coefficient (Wildman–Crippen LogP) is 20.4. The van der Waals surface area contributed by atoms with Gasteiger partial charge in [-0.05, 0) is 57.8 Å². The quantitative estimate of drug-likeness (QED) is 0.0272. The molecule has 0 aromatic rings. The van der Waals surface area contributed by atoms with Gasteiger partial charge in [0.2, 0.25) is 5.91 Å². The van der Waals surface area contributed by atoms with Gasteiger partial charge in [0.05, 0.1) is 39.9 Å². The highest BCUT2D eigenvalue weighted by Gasteiger charge is 2.23. The van der Waals surface area contributed by atoms with E-state index in [9.17, 15) is 19.4 Å². The standard InChI is InChI=1S/C68H131N2O6P/c1-6-8-10-12-14-16-18-20-22-24-26-28-30-32-33-34-35-36-38-39-41-43-45-47-49-51-53-55-57-59-61-67(71)66(65-76-77(73,74)75-64-63-70(3,4)5)69-68(72)62-60-58-56-54-52-50-48-46-44-42-40-37-31-29-27-25-23-21-19-17-15-13-11-9-7-2/h19,21,25,27,31,37,59,61,66-67,71H,6-18,20,22-24,26,28-30,32-36,38-58,60,62-65H2,1-5H3,(H-,69,72,73,74)/b21-19-,27-25-,37-31-,61-59+. The van der Waals surface area contributed by atoms with Gasteiger partial charge < -0.3 is 28.8 Å². The zero-order chi connectivity index (χ0) is 56.3. The van der Waals surface area contributed by atoms with Crippen LogP contribution in [0.1, 0.15) is 328 Å². The van der Waals surface area contributed by atoms with Crippen LogP contribution in [0.2, 0.25) is 0 Å². The van der Waals surface area contributed by atoms with Gasteiger partial charge in [-0.15, -0.1) is 0 Å². The number of rotatable bonds is 62. The molecular formula is C68H131N2O6P. The Bertz CT molecular complexity index is 1390. The molecule has 0 saturated carbocycles. The van der Waals surface area contributed by atoms with Gasteiger partial charge in [0.1, 0.15) is 13.2 Å². The molecule has 8 nitrogen and oxygen atoms in total. The number of nitrogens with one attached hydrogen (secondary N) is 1. The van der Waals surface area contributed by atoms with Crippen molar-refractivity contribution in [2.24, 2.45) is 0 Å². The first-order chi connectivity index (χ1) is 37.5. The van der Waals surface area contributed by atoms with E-state index in [-0.39, 0.29) is 19.1 Å². The predicted molar refractivity (Wildman–Crippen MR) is 334 cm³/mol. The fraction of sp³-hybridized carbons (Fsp3) is 0.868. The summed E-state index contributed by atoms with van der Waals surface area (Å²) >= 11 is 0. The molecule has 0 saturated heterocycles. The molecule has 0 radical (unpaired) electrons. The Morgan fingerprint density at radius 2 is 0.753 bits per heavy atom. The Morgan fingerprint density at radius 1 is 0.455 bits per heavy atom. The number of hydrogen-bond acceptors (Lipinski definition) is 6. The molecule has 1 amide bonds. The van der Waals surface area contributed by atoms with Crippen molar-refractivity contribution in [3.63, 3.8) is 0 Å². The molecule has 0 spiro atoms. The van der Waals surface area contributed by atoms with Crippen molar-refractivity contribution in [3.05, 3.63) is 48.6 Å². The minimum atomic E-state index is -4.60. The van der Waals surface area contributed by atoms with Gasteiger partial charge in [0.25, 0.3) is 7.82 Å². The molecule has 3 unspecified atom stereocenters. The second-order valence-electron chi connectivity index (χ2n) is 24.2. The van der Waals surface area contributed by atoms with Gasteiger partial charge in [0, 0.05) is 6.42 Å². The first-order valence-corrected chi connectivity index (χ1v) is 35.0. The third-order valence-corrected chi connectivity index (χ3v) is 16.2. The van der Waals surface area contributed by atoms with Crippen LogP contribution in [0.25, 0.3) is 0 Å². The molecule has 0 bridgehead atoms. The number of quaternary nitrogens is 1. The molecule has 3 atom stereocenters. The summed E-state index contributed by atoms with van der Waals surface area (Å²) in [4.78, 5) is 25.6. The van der Waals surface area contributed by atoms with E-state index in [2.05, 4.69) is 55.6 Å². The number of nitrogens with zero attached hydrogens (tertiary/aromatic N) is 1. The third-order valence-electron chi connectivity index (χ3n) is 15.3. The summed E-state index contributed by atoms with van der Waals surface area (Å²) in [5, 5.41) is 14.0. The van der Waals surface area contributed by atoms with Gasteiger partial charge in [-0.3, -0.25) is 9.36 Å². The summed E-state index contributed by atoms with van der Waals surface area (Å²) in [6.45, 7) is 4.68. The Morgan fingerprint density at radius 3 is 1.09 bits per heavy atom. The number of phosphoric acid groups is 1. The average molecular weight is 1100 g/mol. The number of hydrogen-bond donors (Lipinski definition) is 2. The van der Waals surface area contributed by atoms with Crippen LogP contribution >= 0.6 is 7.82 Å². The van der Waals surface area contributed by atoms with Crippen LogP contribution in [0.5, 0.6) is 0 Å². The lowest BCUT2D eigenvalue weighted by atomic mass is 10.0. The van der Waals surface area contributed by atoms with Crippen molar-refractivity contribution in [3.8, 4) is 0 Å². The van der Waals surface area contributed by atoms with Gasteiger partial charge in [0.15, 0.2) is 0 Å². The van der Waals surface area contributed by atoms with Crippen molar-refractivity contribution in [2.45, 2.75) is 341 Å². The molecule has 0 aliphatic carbocycles. The van der Waals surface area contributed by atoms with Crippen LogP contribution in [0.3, 0.4) is 0 Å². The second-order valence-corrected chi connectivity index (χ2v) is 25.6. The van der Waals surface area contributed by atoms with E-state index in [1.165, 1.54) is 257 Å². The molecule has 0 aliphatic heterocycles. The lowest BCUT2D eigenvalue weighted by molar-refractivity contribution is -0.870. The summed E-state index contributed by atoms with van der Waals surface area (Å²) in [6, 6.07) is -0.892. The van der Waals surface area contributed by atoms with E-state index in [0.717, 1.165) is 51.4 Å². The van der Waals surface area contributed by atoms with Crippen LogP contribution < -0.4 is 10.2 Å². The van der Waals surface area contributed by atoms with Gasteiger partial charge >= 0.3 is 0 Å². The molecule has 0 rings (SSSR count). The Balaban J connectivity index is 4.11. The molecule has 2 N–H and O–H groups in total. The maximum Gasteiger partial charge on any atom is 0.268 e. The van der Waals surface area contributed by atoms with Crippen LogP contribution in [-0.2, 0) is 18.4 Å². The monoisotopic (exact) mass is 1100 g/mol. The van der Waals surface area contributed by atoms with Crippen LogP contribution in [0, 0.1) is 0 Å². The van der Waals surface area contributed by atoms with E-state index < -0.39 is 20.0 Å². The van der Waals surface area contributed by atoms with Crippen molar-refractivity contribution in [1.29, 1.82) is 0 Å². The molecule has 454 valence electrons. The summed E-state index contributed by atoms with van der Waals surface area (Å²) in [5.41, 5.74) is 0. The molecule has 0 fully saturated rings. The zero-order valence-electron chi connectivity index (χ0n) is 51.9. The number of unbranched alkanes of at least 4 members (excludes halogenated alkanes) is 43. The largest absolute Gasteiger partial charge is 0.756 e. The fourth-order valence-corrected chi connectivity index (χ4v) is 10.8. The maximum atomic E-state index is 13.0. The first-order valence-electron chi connectivity index (χ1n) is 33.5. The van der Waals surface area contributed by atoms with E-state index in [1.807, 2.05) is 27.2 Å². The SMILES string of the molecule is CCCCCCC/C=C\C/C=C\C/C=C\CCCCCCCCCCCCC(=O)NC(COP(=O)([O-])OCC[N+](C)(C)C)C(O)/C=C/CCCCCCCCCCCCCCCCCCCCCCCCCCCCCC. The van der Waals surface area contributed by atoms with Gasteiger partial charge in [-0.25, -0.2) is 0 Å². The first kappa shape index (κ1) is 75.5. The van der Waals surface area contributed by atoms with E-state index in [1.54, 1.807) is 6.08 Å². The van der Waals surface area contributed by atoms with Crippen LogP contribution in [0.15, 0.2) is 48.6 Å². The number of amides is 1. The molecule has 0 aromatic carbocycles. The summed E-state index contributed by atoms with van der Waals surface area (Å²) in [7, 11) is 1.27. The van der Waals surface area contributed by atoms with E-state index in [4.69, 9.17) is 9.05 Å². The normalized spacial score (nSPS) is 14.0. The lowest BCUT2D eigenvalue weighted by Gasteiger charge is -2.29. The zero-order valence-corrected chi connectivity index (χ0v) is 52.8. The number of likely N-dealkylation sites (N-methyl/N-ethyl adjacent to an activating group) is 1. The Kier molecular flexibility index (Phi) is 57.9. The highest BCUT2D eigenvalue weighted by molar-refractivity contribution is 7.45. The number of aliphatic hydroxyl groups excluding tert-OH is 1. The Hall–Kier alpha value is -1.54. The summed E-state index contributed by atoms with van der Waals surface area (Å²) < 4.78 is 23.4. The number of allylic oxidation sites excluding steroid dienone is 7. The van der Waals surface area contributed by atoms with Crippen molar-refractivity contribution in [2.75, 3.05) is 40.9 Å². The smallest absolute Gasteiger partial charge is 0.268 e. The average Bonchev–Trinajstić information content (AvgIpc) is 3.39. The molecule has 9 heteroatoms. The number of carbonyl (C=O) groups is 1. The second kappa shape index (κ2) is 59.1. The van der Waals surface area contributed by atoms with Gasteiger partial charge in [-0.2, -0.15) is 0 Å². The molecule has 77 heavy (non-hydrogen) atoms. The highest BCUT2D eigenvalue weighted by Crippen LogP contribution is 2.38. The lowest BCUT2D eigenvalue weighted by Crippen LogP contribution is -2.45. The minimum Gasteiger partial charge on any atom is -0.756 e. The summed E-state index contributed by atoms with van der Waals surface area (Å²) in [5.74, 6) is -0.198. The maximum absolute atomic E-state index is 13.0. The van der Waals surface area contributed by atoms with Crippen molar-refractivity contribution >= 4 is 13.7 Å². The molecular weight excluding hydrogens is 972 g/mol. The minimum absolute atomic E-state index is 0.00217. The van der Waals surface area contributed by atoms with Gasteiger partial charge in [-0.1, -0.05) is 313 Å². The fourth-order valence-electron chi connectivity index (χ4n) is 10.0. The molecule has 0 heterocycles. The molecule has 0 aliphatic rings. The molecule has 0 aromatic heterocycles. The number of phosphoric ester groups is 1.